The number of rotatable bonds is 2. The van der Waals surface area contributed by atoms with Crippen molar-refractivity contribution in [3.8, 4) is 5.69 Å². The second-order valence-corrected chi connectivity index (χ2v) is 8.94. The van der Waals surface area contributed by atoms with Crippen LogP contribution in [0.5, 0.6) is 0 Å². The zero-order chi connectivity index (χ0) is 22.5. The minimum Gasteiger partial charge on any atom is -0.443 e. The lowest BCUT2D eigenvalue weighted by Gasteiger charge is -2.22. The molecule has 1 saturated heterocycles. The predicted octanol–water partition coefficient (Wildman–Crippen LogP) is 4.02. The fraction of sp³-hybridized carbons (Fsp3) is 0.391. The van der Waals surface area contributed by atoms with Crippen LogP contribution < -0.4 is 5.69 Å². The normalized spacial score (nSPS) is 17.2. The SMILES string of the molecule is CC(C)(C)OC(=O)n1c(=O)n(-c2cnc3c(cnn3C3CCCCO3)c2)c2ccccc21. The fourth-order valence-electron chi connectivity index (χ4n) is 4.06. The number of carbonyl (C=O) groups is 1. The summed E-state index contributed by atoms with van der Waals surface area (Å²) in [5.74, 6) is 0. The number of hydrogen-bond donors (Lipinski definition) is 0. The van der Waals surface area contributed by atoms with Crippen LogP contribution in [0, 0.1) is 0 Å². The Kier molecular flexibility index (Phi) is 4.85. The second kappa shape index (κ2) is 7.59. The highest BCUT2D eigenvalue weighted by molar-refractivity contribution is 5.88. The summed E-state index contributed by atoms with van der Waals surface area (Å²) in [4.78, 5) is 30.8. The molecular weight excluding hydrogens is 410 g/mol. The maximum absolute atomic E-state index is 13.4. The topological polar surface area (TPSA) is 93.2 Å². The summed E-state index contributed by atoms with van der Waals surface area (Å²) < 4.78 is 15.6. The molecule has 1 aromatic carbocycles. The molecule has 166 valence electrons. The third-order valence-electron chi connectivity index (χ3n) is 5.43. The molecule has 3 aromatic heterocycles. The van der Waals surface area contributed by atoms with Crippen molar-refractivity contribution in [2.45, 2.75) is 51.9 Å². The van der Waals surface area contributed by atoms with Gasteiger partial charge in [-0.3, -0.25) is 4.57 Å². The van der Waals surface area contributed by atoms with E-state index in [-0.39, 0.29) is 6.23 Å². The van der Waals surface area contributed by atoms with Crippen molar-refractivity contribution < 1.29 is 14.3 Å². The lowest BCUT2D eigenvalue weighted by molar-refractivity contribution is -0.0370. The van der Waals surface area contributed by atoms with Gasteiger partial charge in [0.1, 0.15) is 5.60 Å². The Hall–Kier alpha value is -3.46. The molecule has 1 fully saturated rings. The molecule has 1 aliphatic rings. The van der Waals surface area contributed by atoms with E-state index in [4.69, 9.17) is 9.47 Å². The highest BCUT2D eigenvalue weighted by Crippen LogP contribution is 2.27. The van der Waals surface area contributed by atoms with Crippen molar-refractivity contribution in [1.82, 2.24) is 23.9 Å². The number of aromatic nitrogens is 5. The maximum Gasteiger partial charge on any atom is 0.423 e. The zero-order valence-electron chi connectivity index (χ0n) is 18.3. The van der Waals surface area contributed by atoms with Gasteiger partial charge in [0.05, 0.1) is 29.1 Å². The van der Waals surface area contributed by atoms with Crippen LogP contribution in [0.3, 0.4) is 0 Å². The largest absolute Gasteiger partial charge is 0.443 e. The average Bonchev–Trinajstić information content (AvgIpc) is 3.30. The van der Waals surface area contributed by atoms with Crippen LogP contribution in [0.1, 0.15) is 46.3 Å². The summed E-state index contributed by atoms with van der Waals surface area (Å²) in [5, 5.41) is 5.26. The Morgan fingerprint density at radius 2 is 1.94 bits per heavy atom. The van der Waals surface area contributed by atoms with Gasteiger partial charge < -0.3 is 9.47 Å². The summed E-state index contributed by atoms with van der Waals surface area (Å²) in [6.45, 7) is 6.01. The molecule has 0 amide bonds. The molecule has 5 rings (SSSR count). The molecule has 9 heteroatoms. The zero-order valence-corrected chi connectivity index (χ0v) is 18.3. The van der Waals surface area contributed by atoms with E-state index in [0.717, 1.165) is 29.2 Å². The first-order valence-electron chi connectivity index (χ1n) is 10.7. The number of fused-ring (bicyclic) bond motifs is 2. The van der Waals surface area contributed by atoms with Gasteiger partial charge in [-0.25, -0.2) is 19.3 Å². The minimum absolute atomic E-state index is 0.128. The first-order valence-corrected chi connectivity index (χ1v) is 10.7. The van der Waals surface area contributed by atoms with Crippen LogP contribution in [0.25, 0.3) is 27.8 Å². The van der Waals surface area contributed by atoms with Gasteiger partial charge in [-0.1, -0.05) is 12.1 Å². The van der Waals surface area contributed by atoms with E-state index in [0.29, 0.717) is 29.0 Å². The van der Waals surface area contributed by atoms with E-state index in [1.165, 1.54) is 4.57 Å². The van der Waals surface area contributed by atoms with Crippen LogP contribution in [0.4, 0.5) is 4.79 Å². The molecule has 1 aliphatic heterocycles. The summed E-state index contributed by atoms with van der Waals surface area (Å²) in [5.41, 5.74) is 1.07. The lowest BCUT2D eigenvalue weighted by atomic mass is 10.2. The molecule has 0 radical (unpaired) electrons. The van der Waals surface area contributed by atoms with Crippen molar-refractivity contribution in [3.63, 3.8) is 0 Å². The Morgan fingerprint density at radius 1 is 1.16 bits per heavy atom. The van der Waals surface area contributed by atoms with Crippen molar-refractivity contribution in [1.29, 1.82) is 0 Å². The van der Waals surface area contributed by atoms with E-state index < -0.39 is 17.4 Å². The third-order valence-corrected chi connectivity index (χ3v) is 5.43. The smallest absolute Gasteiger partial charge is 0.423 e. The van der Waals surface area contributed by atoms with Crippen LogP contribution in [0.15, 0.2) is 47.5 Å². The van der Waals surface area contributed by atoms with Gasteiger partial charge in [-0.05, 0) is 58.2 Å². The Morgan fingerprint density at radius 3 is 2.66 bits per heavy atom. The number of imidazole rings is 1. The molecule has 0 spiro atoms. The standard InChI is InChI=1S/C23H25N5O4/c1-23(2,3)32-22(30)27-18-9-5-4-8-17(18)26(21(27)29)16-12-15-13-25-28(20(15)24-14-16)19-10-6-7-11-31-19/h4-5,8-9,12-14,19H,6-7,10-11H2,1-3H3. The quantitative estimate of drug-likeness (QED) is 0.472. The van der Waals surface area contributed by atoms with Crippen molar-refractivity contribution in [2.75, 3.05) is 6.61 Å². The van der Waals surface area contributed by atoms with E-state index in [2.05, 4.69) is 10.1 Å². The van der Waals surface area contributed by atoms with Gasteiger partial charge in [0, 0.05) is 12.0 Å². The Bertz CT molecular complexity index is 1370. The summed E-state index contributed by atoms with van der Waals surface area (Å²) >= 11 is 0. The van der Waals surface area contributed by atoms with Crippen molar-refractivity contribution >= 4 is 28.2 Å². The third kappa shape index (κ3) is 3.48. The molecule has 0 saturated carbocycles. The second-order valence-electron chi connectivity index (χ2n) is 8.94. The monoisotopic (exact) mass is 435 g/mol. The predicted molar refractivity (Wildman–Crippen MR) is 119 cm³/mol. The fourth-order valence-corrected chi connectivity index (χ4v) is 4.06. The van der Waals surface area contributed by atoms with E-state index in [1.807, 2.05) is 12.1 Å². The van der Waals surface area contributed by atoms with Gasteiger partial charge in [-0.15, -0.1) is 0 Å². The van der Waals surface area contributed by atoms with Crippen LogP contribution in [-0.2, 0) is 9.47 Å². The molecule has 0 N–H and O–H groups in total. The highest BCUT2D eigenvalue weighted by atomic mass is 16.6. The van der Waals surface area contributed by atoms with Gasteiger partial charge in [-0.2, -0.15) is 9.67 Å². The van der Waals surface area contributed by atoms with Crippen molar-refractivity contribution in [3.05, 3.63) is 53.2 Å². The Labute approximate surface area is 184 Å². The first kappa shape index (κ1) is 20.4. The average molecular weight is 435 g/mol. The molecule has 1 unspecified atom stereocenters. The molecule has 4 heterocycles. The Balaban J connectivity index is 1.63. The number of pyridine rings is 1. The number of benzene rings is 1. The molecule has 4 aromatic rings. The molecular formula is C23H25N5O4. The highest BCUT2D eigenvalue weighted by Gasteiger charge is 2.25. The van der Waals surface area contributed by atoms with E-state index in [9.17, 15) is 9.59 Å². The summed E-state index contributed by atoms with van der Waals surface area (Å²) in [7, 11) is 0. The lowest BCUT2D eigenvalue weighted by Crippen LogP contribution is -2.34. The molecule has 0 aliphatic carbocycles. The first-order chi connectivity index (χ1) is 15.3. The number of carbonyl (C=O) groups excluding carboxylic acids is 1. The number of hydrogen-bond acceptors (Lipinski definition) is 6. The molecule has 9 nitrogen and oxygen atoms in total. The molecule has 32 heavy (non-hydrogen) atoms. The minimum atomic E-state index is -0.726. The van der Waals surface area contributed by atoms with E-state index >= 15 is 0 Å². The van der Waals surface area contributed by atoms with Crippen LogP contribution >= 0.6 is 0 Å². The van der Waals surface area contributed by atoms with Crippen LogP contribution in [0.2, 0.25) is 0 Å². The maximum atomic E-state index is 13.4. The van der Waals surface area contributed by atoms with E-state index in [1.54, 1.807) is 56.0 Å². The summed E-state index contributed by atoms with van der Waals surface area (Å²) in [6.07, 6.45) is 5.54. The van der Waals surface area contributed by atoms with Crippen molar-refractivity contribution in [2.24, 2.45) is 0 Å². The number of ether oxygens (including phenoxy) is 2. The van der Waals surface area contributed by atoms with Gasteiger partial charge in [0.2, 0.25) is 0 Å². The number of para-hydroxylation sites is 2. The molecule has 0 bridgehead atoms. The van der Waals surface area contributed by atoms with Gasteiger partial charge in [0.25, 0.3) is 0 Å². The van der Waals surface area contributed by atoms with Gasteiger partial charge >= 0.3 is 11.8 Å². The molecule has 1 atom stereocenters. The summed E-state index contributed by atoms with van der Waals surface area (Å²) in [6, 6.07) is 8.97. The number of nitrogens with zero attached hydrogens (tertiary/aromatic N) is 5. The van der Waals surface area contributed by atoms with Crippen LogP contribution in [-0.4, -0.2) is 42.2 Å². The van der Waals surface area contributed by atoms with Gasteiger partial charge in [0.15, 0.2) is 11.9 Å².